The van der Waals surface area contributed by atoms with Crippen LogP contribution in [0.1, 0.15) is 18.9 Å². The molecule has 2 N–H and O–H groups in total. The van der Waals surface area contributed by atoms with E-state index in [4.69, 9.17) is 11.6 Å². The highest BCUT2D eigenvalue weighted by Crippen LogP contribution is 2.25. The summed E-state index contributed by atoms with van der Waals surface area (Å²) in [5.41, 5.74) is 0.508. The van der Waals surface area contributed by atoms with Crippen LogP contribution in [-0.2, 0) is 6.54 Å². The van der Waals surface area contributed by atoms with Crippen LogP contribution in [0, 0.1) is 0 Å². The molecule has 0 heterocycles. The zero-order valence-corrected chi connectivity index (χ0v) is 15.0. The number of guanidine groups is 1. The molecule has 0 bridgehead atoms. The predicted molar refractivity (Wildman–Crippen MR) is 94.1 cm³/mol. The minimum absolute atomic E-state index is 0.0848. The molecule has 8 heteroatoms. The van der Waals surface area contributed by atoms with Gasteiger partial charge in [-0.05, 0) is 52.2 Å². The highest BCUT2D eigenvalue weighted by atomic mass is 35.5. The van der Waals surface area contributed by atoms with Gasteiger partial charge in [0.05, 0.1) is 6.54 Å². The second-order valence-corrected chi connectivity index (χ2v) is 5.85. The van der Waals surface area contributed by atoms with Gasteiger partial charge in [-0.1, -0.05) is 11.6 Å². The first-order chi connectivity index (χ1) is 11.4. The average molecular weight is 363 g/mol. The van der Waals surface area contributed by atoms with Crippen LogP contribution in [0.3, 0.4) is 0 Å². The molecule has 0 fully saturated rings. The van der Waals surface area contributed by atoms with E-state index < -0.39 is 6.61 Å². The minimum Gasteiger partial charge on any atom is -0.434 e. The molecule has 0 aliphatic carbocycles. The molecule has 0 spiro atoms. The Hall–Kier alpha value is -1.60. The summed E-state index contributed by atoms with van der Waals surface area (Å²) in [6, 6.07) is 4.52. The van der Waals surface area contributed by atoms with Gasteiger partial charge in [-0.2, -0.15) is 8.78 Å². The highest BCUT2D eigenvalue weighted by molar-refractivity contribution is 6.30. The quantitative estimate of drug-likeness (QED) is 0.403. The van der Waals surface area contributed by atoms with E-state index in [0.717, 1.165) is 19.5 Å². The van der Waals surface area contributed by atoms with Crippen LogP contribution >= 0.6 is 11.6 Å². The molecule has 0 atom stereocenters. The van der Waals surface area contributed by atoms with E-state index in [1.54, 1.807) is 6.07 Å². The Morgan fingerprint density at radius 1 is 1.33 bits per heavy atom. The number of ether oxygens (including phenoxy) is 1. The van der Waals surface area contributed by atoms with Crippen molar-refractivity contribution in [1.29, 1.82) is 0 Å². The molecular weight excluding hydrogens is 338 g/mol. The molecule has 0 aromatic heterocycles. The summed E-state index contributed by atoms with van der Waals surface area (Å²) < 4.78 is 29.5. The van der Waals surface area contributed by atoms with Crippen molar-refractivity contribution in [2.45, 2.75) is 26.5 Å². The lowest BCUT2D eigenvalue weighted by Crippen LogP contribution is -2.38. The molecule has 5 nitrogen and oxygen atoms in total. The van der Waals surface area contributed by atoms with E-state index in [0.29, 0.717) is 23.1 Å². The zero-order chi connectivity index (χ0) is 17.9. The van der Waals surface area contributed by atoms with Crippen LogP contribution < -0.4 is 15.4 Å². The van der Waals surface area contributed by atoms with Gasteiger partial charge in [0.2, 0.25) is 0 Å². The maximum atomic E-state index is 12.5. The lowest BCUT2D eigenvalue weighted by atomic mass is 10.2. The number of benzene rings is 1. The van der Waals surface area contributed by atoms with Crippen molar-refractivity contribution in [3.8, 4) is 5.75 Å². The molecule has 0 amide bonds. The van der Waals surface area contributed by atoms with Crippen molar-refractivity contribution < 1.29 is 13.5 Å². The van der Waals surface area contributed by atoms with Crippen molar-refractivity contribution in [1.82, 2.24) is 15.5 Å². The fourth-order valence-electron chi connectivity index (χ4n) is 1.99. The number of halogens is 3. The third-order valence-corrected chi connectivity index (χ3v) is 3.30. The first-order valence-corrected chi connectivity index (χ1v) is 8.20. The van der Waals surface area contributed by atoms with Crippen molar-refractivity contribution in [2.75, 3.05) is 33.7 Å². The highest BCUT2D eigenvalue weighted by Gasteiger charge is 2.10. The summed E-state index contributed by atoms with van der Waals surface area (Å²) in [5, 5.41) is 6.78. The summed E-state index contributed by atoms with van der Waals surface area (Å²) in [5.74, 6) is 0.709. The van der Waals surface area contributed by atoms with Gasteiger partial charge in [0, 0.05) is 23.7 Å². The standard InChI is InChI=1S/C16H25ClF2N4O/c1-4-20-16(21-8-5-9-23(2)3)22-11-12-10-13(17)6-7-14(12)24-15(18)19/h6-7,10,15H,4-5,8-9,11H2,1-3H3,(H2,20,21,22). The molecule has 0 saturated carbocycles. The number of nitrogens with zero attached hydrogens (tertiary/aromatic N) is 2. The SMILES string of the molecule is CCNC(=NCc1cc(Cl)ccc1OC(F)F)NCCCN(C)C. The normalized spacial score (nSPS) is 11.9. The van der Waals surface area contributed by atoms with Gasteiger partial charge in [-0.15, -0.1) is 0 Å². The number of rotatable bonds is 9. The molecule has 24 heavy (non-hydrogen) atoms. The van der Waals surface area contributed by atoms with Crippen molar-refractivity contribution >= 4 is 17.6 Å². The molecule has 1 rings (SSSR count). The van der Waals surface area contributed by atoms with E-state index in [2.05, 4.69) is 25.3 Å². The smallest absolute Gasteiger partial charge is 0.387 e. The molecule has 0 saturated heterocycles. The fraction of sp³-hybridized carbons (Fsp3) is 0.562. The van der Waals surface area contributed by atoms with Crippen LogP contribution in [-0.4, -0.2) is 51.2 Å². The second-order valence-electron chi connectivity index (χ2n) is 5.41. The Kier molecular flexibility index (Phi) is 9.41. The Morgan fingerprint density at radius 2 is 2.08 bits per heavy atom. The Bertz CT molecular complexity index is 527. The predicted octanol–water partition coefficient (Wildman–Crippen LogP) is 2.95. The van der Waals surface area contributed by atoms with Gasteiger partial charge < -0.3 is 20.3 Å². The Labute approximate surface area is 147 Å². The summed E-state index contributed by atoms with van der Waals surface area (Å²) in [4.78, 5) is 6.51. The fourth-order valence-corrected chi connectivity index (χ4v) is 2.19. The maximum absolute atomic E-state index is 12.5. The molecule has 1 aromatic rings. The van der Waals surface area contributed by atoms with Crippen LogP contribution in [0.25, 0.3) is 0 Å². The van der Waals surface area contributed by atoms with Crippen molar-refractivity contribution in [2.24, 2.45) is 4.99 Å². The first kappa shape index (κ1) is 20.4. The number of hydrogen-bond acceptors (Lipinski definition) is 3. The molecule has 1 aromatic carbocycles. The molecule has 0 unspecified atom stereocenters. The molecule has 0 aliphatic rings. The number of aliphatic imine (C=N–C) groups is 1. The van der Waals surface area contributed by atoms with E-state index in [1.807, 2.05) is 21.0 Å². The van der Waals surface area contributed by atoms with E-state index in [9.17, 15) is 8.78 Å². The van der Waals surface area contributed by atoms with Gasteiger partial charge in [0.15, 0.2) is 5.96 Å². The van der Waals surface area contributed by atoms with Gasteiger partial charge in [-0.25, -0.2) is 4.99 Å². The molecular formula is C16H25ClF2N4O. The Morgan fingerprint density at radius 3 is 2.71 bits per heavy atom. The monoisotopic (exact) mass is 362 g/mol. The van der Waals surface area contributed by atoms with Crippen LogP contribution in [0.15, 0.2) is 23.2 Å². The van der Waals surface area contributed by atoms with Crippen LogP contribution in [0.2, 0.25) is 5.02 Å². The largest absolute Gasteiger partial charge is 0.434 e. The molecule has 0 aliphatic heterocycles. The lowest BCUT2D eigenvalue weighted by Gasteiger charge is -2.14. The zero-order valence-electron chi connectivity index (χ0n) is 14.3. The van der Waals surface area contributed by atoms with Gasteiger partial charge in [0.25, 0.3) is 0 Å². The third-order valence-electron chi connectivity index (χ3n) is 3.06. The first-order valence-electron chi connectivity index (χ1n) is 7.82. The number of hydrogen-bond donors (Lipinski definition) is 2. The van der Waals surface area contributed by atoms with Gasteiger partial charge >= 0.3 is 6.61 Å². The Balaban J connectivity index is 2.72. The summed E-state index contributed by atoms with van der Waals surface area (Å²) in [6.07, 6.45) is 0.967. The van der Waals surface area contributed by atoms with E-state index >= 15 is 0 Å². The summed E-state index contributed by atoms with van der Waals surface area (Å²) >= 11 is 5.93. The number of alkyl halides is 2. The van der Waals surface area contributed by atoms with Crippen LogP contribution in [0.4, 0.5) is 8.78 Å². The number of nitrogens with one attached hydrogen (secondary N) is 2. The molecule has 136 valence electrons. The maximum Gasteiger partial charge on any atom is 0.387 e. The molecule has 0 radical (unpaired) electrons. The van der Waals surface area contributed by atoms with E-state index in [-0.39, 0.29) is 12.3 Å². The van der Waals surface area contributed by atoms with Gasteiger partial charge in [0.1, 0.15) is 5.75 Å². The summed E-state index contributed by atoms with van der Waals surface area (Å²) in [6.45, 7) is 1.70. The third kappa shape index (κ3) is 8.31. The second kappa shape index (κ2) is 11.0. The lowest BCUT2D eigenvalue weighted by molar-refractivity contribution is -0.0504. The van der Waals surface area contributed by atoms with Crippen LogP contribution in [0.5, 0.6) is 5.75 Å². The topological polar surface area (TPSA) is 48.9 Å². The van der Waals surface area contributed by atoms with Crippen molar-refractivity contribution in [3.05, 3.63) is 28.8 Å². The average Bonchev–Trinajstić information content (AvgIpc) is 2.50. The summed E-state index contributed by atoms with van der Waals surface area (Å²) in [7, 11) is 4.03. The van der Waals surface area contributed by atoms with E-state index in [1.165, 1.54) is 12.1 Å². The van der Waals surface area contributed by atoms with Crippen molar-refractivity contribution in [3.63, 3.8) is 0 Å². The minimum atomic E-state index is -2.88. The van der Waals surface area contributed by atoms with Gasteiger partial charge in [-0.3, -0.25) is 0 Å².